The Morgan fingerprint density at radius 1 is 1.06 bits per heavy atom. The van der Waals surface area contributed by atoms with E-state index in [1.807, 2.05) is 0 Å². The van der Waals surface area contributed by atoms with E-state index in [1.54, 1.807) is 0 Å². The average Bonchev–Trinajstić information content (AvgIpc) is 2.38. The van der Waals surface area contributed by atoms with E-state index in [1.165, 1.54) is 57.8 Å². The molecule has 2 fully saturated rings. The summed E-state index contributed by atoms with van der Waals surface area (Å²) in [5.41, 5.74) is 7.21. The second kappa shape index (κ2) is 5.94. The van der Waals surface area contributed by atoms with E-state index in [9.17, 15) is 0 Å². The quantitative estimate of drug-likeness (QED) is 0.770. The highest BCUT2D eigenvalue weighted by Gasteiger charge is 2.34. The van der Waals surface area contributed by atoms with Crippen molar-refractivity contribution >= 4 is 0 Å². The van der Waals surface area contributed by atoms with Gasteiger partial charge in [-0.25, -0.2) is 0 Å². The van der Waals surface area contributed by atoms with Crippen molar-refractivity contribution in [3.63, 3.8) is 0 Å². The van der Waals surface area contributed by atoms with E-state index in [0.29, 0.717) is 11.5 Å². The molecule has 1 nitrogen and oxygen atoms in total. The summed E-state index contributed by atoms with van der Waals surface area (Å²) in [5, 5.41) is 0. The van der Waals surface area contributed by atoms with Crippen LogP contribution in [0.3, 0.4) is 0 Å². The normalized spacial score (nSPS) is 35.3. The van der Waals surface area contributed by atoms with Gasteiger partial charge in [-0.1, -0.05) is 40.0 Å². The fraction of sp³-hybridized carbons (Fsp3) is 1.00. The Kier molecular flexibility index (Phi) is 4.75. The first-order chi connectivity index (χ1) is 8.52. The molecule has 0 saturated heterocycles. The summed E-state index contributed by atoms with van der Waals surface area (Å²) in [6.45, 7) is 7.19. The highest BCUT2D eigenvalue weighted by molar-refractivity contribution is 4.89. The van der Waals surface area contributed by atoms with Gasteiger partial charge in [-0.3, -0.25) is 0 Å². The fourth-order valence-corrected chi connectivity index (χ4v) is 4.24. The van der Waals surface area contributed by atoms with Crippen LogP contribution in [-0.2, 0) is 0 Å². The van der Waals surface area contributed by atoms with Crippen LogP contribution >= 0.6 is 0 Å². The van der Waals surface area contributed by atoms with Crippen molar-refractivity contribution in [1.82, 2.24) is 0 Å². The molecule has 2 aliphatic carbocycles. The fourth-order valence-electron chi connectivity index (χ4n) is 4.24. The maximum Gasteiger partial charge on any atom is 0.00957 e. The zero-order chi connectivity index (χ0) is 13.2. The van der Waals surface area contributed by atoms with Crippen molar-refractivity contribution in [1.29, 1.82) is 0 Å². The molecule has 0 bridgehead atoms. The smallest absolute Gasteiger partial charge is 0.00957 e. The maximum absolute atomic E-state index is 6.63. The Labute approximate surface area is 114 Å². The topological polar surface area (TPSA) is 26.0 Å². The summed E-state index contributed by atoms with van der Waals surface area (Å²) in [6.07, 6.45) is 12.6. The van der Waals surface area contributed by atoms with Gasteiger partial charge in [0.2, 0.25) is 0 Å². The first-order valence-electron chi connectivity index (χ1n) is 8.27. The highest BCUT2D eigenvalue weighted by Crippen LogP contribution is 2.42. The molecule has 2 rings (SSSR count). The Hall–Kier alpha value is -0.0400. The Morgan fingerprint density at radius 3 is 2.33 bits per heavy atom. The number of rotatable bonds is 3. The van der Waals surface area contributed by atoms with Gasteiger partial charge >= 0.3 is 0 Å². The Balaban J connectivity index is 1.85. The molecule has 0 aromatic carbocycles. The van der Waals surface area contributed by atoms with Crippen LogP contribution in [0.4, 0.5) is 0 Å². The molecule has 0 spiro atoms. The minimum absolute atomic E-state index is 0.496. The summed E-state index contributed by atoms with van der Waals surface area (Å²) < 4.78 is 0. The SMILES string of the molecule is CCC1CCCC(C(N)C2CCC(C)(C)CC2)C1. The molecule has 0 aromatic heterocycles. The minimum atomic E-state index is 0.496. The molecule has 0 aromatic rings. The molecular formula is C17H33N. The lowest BCUT2D eigenvalue weighted by atomic mass is 9.66. The van der Waals surface area contributed by atoms with E-state index < -0.39 is 0 Å². The lowest BCUT2D eigenvalue weighted by Crippen LogP contribution is -2.42. The van der Waals surface area contributed by atoms with Gasteiger partial charge in [0, 0.05) is 6.04 Å². The molecule has 2 aliphatic rings. The van der Waals surface area contributed by atoms with Crippen molar-refractivity contribution < 1.29 is 0 Å². The van der Waals surface area contributed by atoms with Crippen molar-refractivity contribution in [2.75, 3.05) is 0 Å². The van der Waals surface area contributed by atoms with Crippen molar-refractivity contribution in [2.45, 2.75) is 84.6 Å². The van der Waals surface area contributed by atoms with E-state index >= 15 is 0 Å². The highest BCUT2D eigenvalue weighted by atomic mass is 14.7. The zero-order valence-corrected chi connectivity index (χ0v) is 12.8. The van der Waals surface area contributed by atoms with Crippen LogP contribution in [0.2, 0.25) is 0 Å². The third-order valence-corrected chi connectivity index (χ3v) is 5.87. The summed E-state index contributed by atoms with van der Waals surface area (Å²) in [6, 6.07) is 0.496. The third-order valence-electron chi connectivity index (χ3n) is 5.87. The van der Waals surface area contributed by atoms with Gasteiger partial charge in [0.25, 0.3) is 0 Å². The van der Waals surface area contributed by atoms with Gasteiger partial charge in [-0.05, 0) is 61.7 Å². The first kappa shape index (κ1) is 14.4. The van der Waals surface area contributed by atoms with E-state index in [4.69, 9.17) is 5.73 Å². The van der Waals surface area contributed by atoms with Crippen LogP contribution in [0.1, 0.15) is 78.6 Å². The van der Waals surface area contributed by atoms with Crippen molar-refractivity contribution in [2.24, 2.45) is 28.9 Å². The molecule has 106 valence electrons. The predicted molar refractivity (Wildman–Crippen MR) is 79.5 cm³/mol. The molecule has 3 unspecified atom stereocenters. The molecule has 2 N–H and O–H groups in total. The summed E-state index contributed by atoms with van der Waals surface area (Å²) in [5.74, 6) is 2.61. The number of hydrogen-bond donors (Lipinski definition) is 1. The molecule has 3 atom stereocenters. The van der Waals surface area contributed by atoms with Gasteiger partial charge in [0.15, 0.2) is 0 Å². The second-order valence-corrected chi connectivity index (χ2v) is 7.78. The molecule has 0 heterocycles. The van der Waals surface area contributed by atoms with E-state index in [2.05, 4.69) is 20.8 Å². The van der Waals surface area contributed by atoms with Gasteiger partial charge in [-0.2, -0.15) is 0 Å². The molecule has 0 aliphatic heterocycles. The first-order valence-corrected chi connectivity index (χ1v) is 8.27. The maximum atomic E-state index is 6.63. The minimum Gasteiger partial charge on any atom is -0.327 e. The van der Waals surface area contributed by atoms with Gasteiger partial charge < -0.3 is 5.73 Å². The molecule has 1 heteroatoms. The van der Waals surface area contributed by atoms with Crippen LogP contribution in [0, 0.1) is 23.2 Å². The van der Waals surface area contributed by atoms with Crippen LogP contribution in [0.5, 0.6) is 0 Å². The monoisotopic (exact) mass is 251 g/mol. The average molecular weight is 251 g/mol. The van der Waals surface area contributed by atoms with Gasteiger partial charge in [0.1, 0.15) is 0 Å². The molecule has 0 amide bonds. The molecule has 18 heavy (non-hydrogen) atoms. The summed E-state index contributed by atoms with van der Waals surface area (Å²) in [7, 11) is 0. The third kappa shape index (κ3) is 3.50. The standard InChI is InChI=1S/C17H33N/c1-4-13-6-5-7-15(12-13)16(18)14-8-10-17(2,3)11-9-14/h13-16H,4-12,18H2,1-3H3. The van der Waals surface area contributed by atoms with Crippen molar-refractivity contribution in [3.8, 4) is 0 Å². The largest absolute Gasteiger partial charge is 0.327 e. The second-order valence-electron chi connectivity index (χ2n) is 7.78. The molecule has 0 radical (unpaired) electrons. The molecule has 2 saturated carbocycles. The van der Waals surface area contributed by atoms with Crippen molar-refractivity contribution in [3.05, 3.63) is 0 Å². The lowest BCUT2D eigenvalue weighted by molar-refractivity contribution is 0.127. The van der Waals surface area contributed by atoms with Crippen LogP contribution in [-0.4, -0.2) is 6.04 Å². The predicted octanol–water partition coefficient (Wildman–Crippen LogP) is 4.75. The Morgan fingerprint density at radius 2 is 1.72 bits per heavy atom. The zero-order valence-electron chi connectivity index (χ0n) is 12.8. The van der Waals surface area contributed by atoms with Crippen LogP contribution in [0.25, 0.3) is 0 Å². The number of hydrogen-bond acceptors (Lipinski definition) is 1. The molecular weight excluding hydrogens is 218 g/mol. The summed E-state index contributed by atoms with van der Waals surface area (Å²) >= 11 is 0. The van der Waals surface area contributed by atoms with Gasteiger partial charge in [0.05, 0.1) is 0 Å². The summed E-state index contributed by atoms with van der Waals surface area (Å²) in [4.78, 5) is 0. The van der Waals surface area contributed by atoms with E-state index in [0.717, 1.165) is 17.8 Å². The van der Waals surface area contributed by atoms with Gasteiger partial charge in [-0.15, -0.1) is 0 Å². The Bertz CT molecular complexity index is 248. The van der Waals surface area contributed by atoms with Crippen LogP contribution in [0.15, 0.2) is 0 Å². The van der Waals surface area contributed by atoms with E-state index in [-0.39, 0.29) is 0 Å². The van der Waals surface area contributed by atoms with Crippen LogP contribution < -0.4 is 5.73 Å². The lowest BCUT2D eigenvalue weighted by Gasteiger charge is -2.41. The number of nitrogens with two attached hydrogens (primary N) is 1.